The Morgan fingerprint density at radius 3 is 2.33 bits per heavy atom. The molecule has 2 aliphatic heterocycles. The fourth-order valence-corrected chi connectivity index (χ4v) is 4.04. The minimum absolute atomic E-state index is 0.213. The summed E-state index contributed by atoms with van der Waals surface area (Å²) >= 11 is 0. The molecular formula is C19H20N6O2. The predicted molar refractivity (Wildman–Crippen MR) is 97.8 cm³/mol. The van der Waals surface area contributed by atoms with Gasteiger partial charge in [0.15, 0.2) is 11.5 Å². The molecule has 0 bridgehead atoms. The van der Waals surface area contributed by atoms with E-state index in [1.165, 1.54) is 0 Å². The van der Waals surface area contributed by atoms with Gasteiger partial charge >= 0.3 is 6.03 Å². The molecular weight excluding hydrogens is 344 g/mol. The van der Waals surface area contributed by atoms with Gasteiger partial charge < -0.3 is 15.5 Å². The number of carbonyl (C=O) groups is 2. The van der Waals surface area contributed by atoms with Gasteiger partial charge in [-0.1, -0.05) is 24.3 Å². The van der Waals surface area contributed by atoms with Crippen molar-refractivity contribution in [2.24, 2.45) is 11.8 Å². The zero-order chi connectivity index (χ0) is 18.4. The molecule has 1 aliphatic carbocycles. The number of amides is 3. The van der Waals surface area contributed by atoms with Gasteiger partial charge in [-0.3, -0.25) is 10.1 Å². The molecule has 5 rings (SSSR count). The summed E-state index contributed by atoms with van der Waals surface area (Å²) in [6.07, 6.45) is 0. The van der Waals surface area contributed by atoms with Gasteiger partial charge in [0.1, 0.15) is 0 Å². The van der Waals surface area contributed by atoms with Crippen molar-refractivity contribution < 1.29 is 9.59 Å². The maximum Gasteiger partial charge on any atom is 0.323 e. The zero-order valence-electron chi connectivity index (χ0n) is 14.7. The van der Waals surface area contributed by atoms with Crippen LogP contribution in [0.3, 0.4) is 0 Å². The van der Waals surface area contributed by atoms with Crippen LogP contribution in [0.1, 0.15) is 21.6 Å². The van der Waals surface area contributed by atoms with Crippen LogP contribution < -0.4 is 16.0 Å². The second-order valence-corrected chi connectivity index (χ2v) is 7.34. The summed E-state index contributed by atoms with van der Waals surface area (Å²) in [5, 5.41) is 17.0. The SMILES string of the molecule is O=C(NC1C2CNC[C@H]21)c1ccc(NC(=O)N2Cc3ccccc3C2)nn1. The number of anilines is 1. The Kier molecular flexibility index (Phi) is 3.78. The van der Waals surface area contributed by atoms with Crippen LogP contribution in [0.15, 0.2) is 36.4 Å². The number of nitrogens with zero attached hydrogens (tertiary/aromatic N) is 3. The molecule has 8 heteroatoms. The fourth-order valence-electron chi connectivity index (χ4n) is 4.04. The van der Waals surface area contributed by atoms with Crippen molar-refractivity contribution in [2.45, 2.75) is 19.1 Å². The minimum atomic E-state index is -0.226. The van der Waals surface area contributed by atoms with Crippen LogP contribution >= 0.6 is 0 Å². The topological polar surface area (TPSA) is 99.2 Å². The number of hydrogen-bond acceptors (Lipinski definition) is 5. The van der Waals surface area contributed by atoms with Gasteiger partial charge in [-0.25, -0.2) is 4.79 Å². The maximum atomic E-state index is 12.4. The number of fused-ring (bicyclic) bond motifs is 2. The maximum absolute atomic E-state index is 12.4. The zero-order valence-corrected chi connectivity index (χ0v) is 14.7. The molecule has 0 spiro atoms. The van der Waals surface area contributed by atoms with E-state index in [4.69, 9.17) is 0 Å². The average molecular weight is 364 g/mol. The third kappa shape index (κ3) is 3.02. The Morgan fingerprint density at radius 1 is 1.00 bits per heavy atom. The highest BCUT2D eigenvalue weighted by Crippen LogP contribution is 2.41. The van der Waals surface area contributed by atoms with Gasteiger partial charge in [0.25, 0.3) is 5.91 Å². The lowest BCUT2D eigenvalue weighted by Crippen LogP contribution is -2.33. The van der Waals surface area contributed by atoms with Crippen LogP contribution in [0.4, 0.5) is 10.6 Å². The Balaban J connectivity index is 1.17. The van der Waals surface area contributed by atoms with Crippen LogP contribution in [0.25, 0.3) is 0 Å². The van der Waals surface area contributed by atoms with Crippen molar-refractivity contribution in [3.63, 3.8) is 0 Å². The molecule has 1 saturated carbocycles. The highest BCUT2D eigenvalue weighted by atomic mass is 16.2. The number of rotatable bonds is 3. The third-order valence-electron chi connectivity index (χ3n) is 5.65. The third-order valence-corrected chi connectivity index (χ3v) is 5.65. The van der Waals surface area contributed by atoms with Crippen LogP contribution in [0.5, 0.6) is 0 Å². The summed E-state index contributed by atoms with van der Waals surface area (Å²) in [5.74, 6) is 1.21. The lowest BCUT2D eigenvalue weighted by molar-refractivity contribution is 0.0940. The molecule has 27 heavy (non-hydrogen) atoms. The van der Waals surface area contributed by atoms with Crippen LogP contribution in [0, 0.1) is 11.8 Å². The number of aromatic nitrogens is 2. The van der Waals surface area contributed by atoms with E-state index < -0.39 is 0 Å². The quantitative estimate of drug-likeness (QED) is 0.754. The summed E-state index contributed by atoms with van der Waals surface area (Å²) in [4.78, 5) is 26.4. The molecule has 1 aromatic heterocycles. The predicted octanol–water partition coefficient (Wildman–Crippen LogP) is 0.972. The standard InChI is InChI=1S/C19H20N6O2/c26-18(22-17-13-7-20-8-14(13)17)15-5-6-16(24-23-15)21-19(27)25-9-11-3-1-2-4-12(11)10-25/h1-6,13-14,17,20H,7-10H2,(H,22,26)(H,21,24,27)/t13-,14?,17?/m1/s1. The summed E-state index contributed by atoms with van der Waals surface area (Å²) < 4.78 is 0. The molecule has 3 N–H and O–H groups in total. The Labute approximate surface area is 156 Å². The van der Waals surface area contributed by atoms with Crippen molar-refractivity contribution in [3.8, 4) is 0 Å². The minimum Gasteiger partial charge on any atom is -0.347 e. The van der Waals surface area contributed by atoms with Crippen LogP contribution in [0.2, 0.25) is 0 Å². The number of nitrogens with one attached hydrogen (secondary N) is 3. The molecule has 2 fully saturated rings. The van der Waals surface area contributed by atoms with Crippen molar-refractivity contribution in [3.05, 3.63) is 53.2 Å². The van der Waals surface area contributed by atoms with E-state index in [1.54, 1.807) is 17.0 Å². The largest absolute Gasteiger partial charge is 0.347 e. The van der Waals surface area contributed by atoms with Gasteiger partial charge in [0.2, 0.25) is 0 Å². The lowest BCUT2D eigenvalue weighted by Gasteiger charge is -2.15. The summed E-state index contributed by atoms with van der Waals surface area (Å²) in [7, 11) is 0. The van der Waals surface area contributed by atoms with Gasteiger partial charge in [-0.15, -0.1) is 10.2 Å². The Hall–Kier alpha value is -3.00. The van der Waals surface area contributed by atoms with E-state index in [1.807, 2.05) is 24.3 Å². The molecule has 8 nitrogen and oxygen atoms in total. The van der Waals surface area contributed by atoms with Gasteiger partial charge in [-0.2, -0.15) is 0 Å². The van der Waals surface area contributed by atoms with E-state index >= 15 is 0 Å². The van der Waals surface area contributed by atoms with Crippen molar-refractivity contribution >= 4 is 17.8 Å². The second-order valence-electron chi connectivity index (χ2n) is 7.34. The monoisotopic (exact) mass is 364 g/mol. The molecule has 1 aromatic carbocycles. The van der Waals surface area contributed by atoms with E-state index in [0.29, 0.717) is 30.7 Å². The first kappa shape index (κ1) is 16.2. The van der Waals surface area contributed by atoms with Crippen molar-refractivity contribution in [1.82, 2.24) is 25.7 Å². The first-order valence-electron chi connectivity index (χ1n) is 9.17. The normalized spacial score (nSPS) is 24.9. The van der Waals surface area contributed by atoms with E-state index in [-0.39, 0.29) is 23.7 Å². The van der Waals surface area contributed by atoms with E-state index in [9.17, 15) is 9.59 Å². The molecule has 0 radical (unpaired) electrons. The van der Waals surface area contributed by atoms with Gasteiger partial charge in [0, 0.05) is 32.2 Å². The molecule has 1 saturated heterocycles. The first-order valence-corrected chi connectivity index (χ1v) is 9.17. The Morgan fingerprint density at radius 2 is 1.70 bits per heavy atom. The molecule has 3 aliphatic rings. The van der Waals surface area contributed by atoms with Crippen molar-refractivity contribution in [2.75, 3.05) is 18.4 Å². The first-order chi connectivity index (χ1) is 13.2. The fraction of sp³-hybridized carbons (Fsp3) is 0.368. The van der Waals surface area contributed by atoms with Gasteiger partial charge in [-0.05, 0) is 35.1 Å². The van der Waals surface area contributed by atoms with E-state index in [2.05, 4.69) is 26.1 Å². The number of benzene rings is 1. The van der Waals surface area contributed by atoms with E-state index in [0.717, 1.165) is 24.2 Å². The molecule has 138 valence electrons. The number of urea groups is 1. The second kappa shape index (κ2) is 6.31. The summed E-state index contributed by atoms with van der Waals surface area (Å²) in [6.45, 7) is 3.09. The van der Waals surface area contributed by atoms with Crippen LogP contribution in [-0.4, -0.2) is 46.2 Å². The highest BCUT2D eigenvalue weighted by Gasteiger charge is 2.53. The smallest absolute Gasteiger partial charge is 0.323 e. The summed E-state index contributed by atoms with van der Waals surface area (Å²) in [5.41, 5.74) is 2.58. The average Bonchev–Trinajstić information content (AvgIpc) is 3.09. The lowest BCUT2D eigenvalue weighted by atomic mass is 10.1. The number of piperidine rings is 1. The molecule has 2 aromatic rings. The highest BCUT2D eigenvalue weighted by molar-refractivity contribution is 5.93. The Bertz CT molecular complexity index is 864. The van der Waals surface area contributed by atoms with Crippen LogP contribution in [-0.2, 0) is 13.1 Å². The molecule has 3 heterocycles. The van der Waals surface area contributed by atoms with Crippen molar-refractivity contribution in [1.29, 1.82) is 0 Å². The molecule has 3 atom stereocenters. The molecule has 2 unspecified atom stereocenters. The van der Waals surface area contributed by atoms with Gasteiger partial charge in [0.05, 0.1) is 0 Å². The molecule has 3 amide bonds. The number of hydrogen-bond donors (Lipinski definition) is 3. The summed E-state index contributed by atoms with van der Waals surface area (Å²) in [6, 6.07) is 11.2. The number of carbonyl (C=O) groups excluding carboxylic acids is 2.